The lowest BCUT2D eigenvalue weighted by atomic mass is 9.88. The topological polar surface area (TPSA) is 94.3 Å². The van der Waals surface area contributed by atoms with Crippen LogP contribution >= 0.6 is 0 Å². The summed E-state index contributed by atoms with van der Waals surface area (Å²) in [6.45, 7) is 1.69. The third kappa shape index (κ3) is 3.99. The second-order valence-electron chi connectivity index (χ2n) is 6.95. The van der Waals surface area contributed by atoms with Crippen LogP contribution in [0.5, 0.6) is 5.88 Å². The fourth-order valence-corrected chi connectivity index (χ4v) is 3.31. The van der Waals surface area contributed by atoms with Gasteiger partial charge >= 0.3 is 0 Å². The highest BCUT2D eigenvalue weighted by molar-refractivity contribution is 5.91. The number of carbonyl (C=O) groups is 2. The molecule has 0 radical (unpaired) electrons. The van der Waals surface area contributed by atoms with Crippen LogP contribution in [0.3, 0.4) is 0 Å². The van der Waals surface area contributed by atoms with E-state index in [1.54, 1.807) is 19.0 Å². The molecule has 0 aliphatic carbocycles. The number of piperidine rings is 1. The number of ether oxygens (including phenoxy) is 3. The van der Waals surface area contributed by atoms with E-state index >= 15 is 0 Å². The fraction of sp³-hybridized carbons (Fsp3) is 0.706. The molecule has 3 rings (SSSR count). The van der Waals surface area contributed by atoms with Gasteiger partial charge in [0.1, 0.15) is 6.61 Å². The minimum Gasteiger partial charge on any atom is -0.479 e. The molecule has 1 spiro atoms. The van der Waals surface area contributed by atoms with Gasteiger partial charge in [0.15, 0.2) is 0 Å². The van der Waals surface area contributed by atoms with Gasteiger partial charge in [-0.05, 0) is 18.0 Å². The SMILES string of the molecule is COc1cc(C(=O)N2CCC3(CC2)CC(OCC(=O)N(C)C)CO3)on1. The fourth-order valence-electron chi connectivity index (χ4n) is 3.31. The van der Waals surface area contributed by atoms with Gasteiger partial charge < -0.3 is 28.5 Å². The van der Waals surface area contributed by atoms with Crippen molar-refractivity contribution in [1.82, 2.24) is 15.0 Å². The number of amides is 2. The Morgan fingerprint density at radius 3 is 2.73 bits per heavy atom. The second kappa shape index (κ2) is 7.63. The summed E-state index contributed by atoms with van der Waals surface area (Å²) in [5.74, 6) is 0.202. The lowest BCUT2D eigenvalue weighted by Gasteiger charge is -2.38. The minimum absolute atomic E-state index is 0.0612. The molecule has 26 heavy (non-hydrogen) atoms. The molecule has 2 aliphatic rings. The zero-order chi connectivity index (χ0) is 18.7. The van der Waals surface area contributed by atoms with Crippen molar-refractivity contribution in [2.24, 2.45) is 0 Å². The average Bonchev–Trinajstić information content (AvgIpc) is 3.27. The van der Waals surface area contributed by atoms with Crippen LogP contribution in [0.4, 0.5) is 0 Å². The first-order chi connectivity index (χ1) is 12.4. The van der Waals surface area contributed by atoms with E-state index in [1.165, 1.54) is 18.1 Å². The van der Waals surface area contributed by atoms with Crippen molar-refractivity contribution in [3.63, 3.8) is 0 Å². The third-order valence-corrected chi connectivity index (χ3v) is 4.99. The number of nitrogens with zero attached hydrogens (tertiary/aromatic N) is 3. The van der Waals surface area contributed by atoms with Crippen LogP contribution < -0.4 is 4.74 Å². The van der Waals surface area contributed by atoms with Gasteiger partial charge in [-0.3, -0.25) is 9.59 Å². The molecule has 0 saturated carbocycles. The molecule has 1 aromatic heterocycles. The Bertz CT molecular complexity index is 651. The van der Waals surface area contributed by atoms with E-state index in [1.807, 2.05) is 0 Å². The first kappa shape index (κ1) is 18.7. The number of hydrogen-bond acceptors (Lipinski definition) is 7. The molecule has 0 N–H and O–H groups in total. The van der Waals surface area contributed by atoms with Crippen LogP contribution in [-0.4, -0.2) is 86.0 Å². The van der Waals surface area contributed by atoms with Crippen LogP contribution in [-0.2, 0) is 14.3 Å². The summed E-state index contributed by atoms with van der Waals surface area (Å²) in [6.07, 6.45) is 2.11. The van der Waals surface area contributed by atoms with Crippen LogP contribution in [0.2, 0.25) is 0 Å². The summed E-state index contributed by atoms with van der Waals surface area (Å²) in [7, 11) is 4.88. The molecule has 1 atom stereocenters. The highest BCUT2D eigenvalue weighted by Gasteiger charge is 2.44. The van der Waals surface area contributed by atoms with E-state index in [9.17, 15) is 9.59 Å². The molecule has 9 nitrogen and oxygen atoms in total. The zero-order valence-corrected chi connectivity index (χ0v) is 15.4. The molecule has 1 aromatic rings. The quantitative estimate of drug-likeness (QED) is 0.750. The van der Waals surface area contributed by atoms with E-state index in [2.05, 4.69) is 5.16 Å². The lowest BCUT2D eigenvalue weighted by Crippen LogP contribution is -2.46. The normalized spacial score (nSPS) is 21.8. The Morgan fingerprint density at radius 2 is 2.12 bits per heavy atom. The number of likely N-dealkylation sites (tertiary alicyclic amines) is 1. The molecule has 144 valence electrons. The van der Waals surface area contributed by atoms with E-state index in [4.69, 9.17) is 18.7 Å². The smallest absolute Gasteiger partial charge is 0.292 e. The van der Waals surface area contributed by atoms with Gasteiger partial charge in [0.25, 0.3) is 11.8 Å². The third-order valence-electron chi connectivity index (χ3n) is 4.99. The van der Waals surface area contributed by atoms with Gasteiger partial charge in [-0.1, -0.05) is 0 Å². The summed E-state index contributed by atoms with van der Waals surface area (Å²) in [6, 6.07) is 1.49. The molecule has 0 bridgehead atoms. The first-order valence-corrected chi connectivity index (χ1v) is 8.68. The Morgan fingerprint density at radius 1 is 1.38 bits per heavy atom. The van der Waals surface area contributed by atoms with Crippen LogP contribution in [0, 0.1) is 0 Å². The lowest BCUT2D eigenvalue weighted by molar-refractivity contribution is -0.135. The highest BCUT2D eigenvalue weighted by atomic mass is 16.6. The average molecular weight is 367 g/mol. The van der Waals surface area contributed by atoms with E-state index in [-0.39, 0.29) is 41.8 Å². The predicted octanol–water partition coefficient (Wildman–Crippen LogP) is 0.552. The van der Waals surface area contributed by atoms with Crippen molar-refractivity contribution >= 4 is 11.8 Å². The van der Waals surface area contributed by atoms with Gasteiger partial charge in [-0.25, -0.2) is 0 Å². The summed E-state index contributed by atoms with van der Waals surface area (Å²) in [4.78, 5) is 27.3. The van der Waals surface area contributed by atoms with Gasteiger partial charge in [-0.2, -0.15) is 0 Å². The standard InChI is InChI=1S/C17H25N3O6/c1-19(2)15(21)11-24-12-9-17(25-10-12)4-6-20(7-5-17)16(22)13-8-14(23-3)18-26-13/h8,12H,4-7,9-11H2,1-3H3. The maximum Gasteiger partial charge on any atom is 0.292 e. The predicted molar refractivity (Wildman–Crippen MR) is 89.9 cm³/mol. The Balaban J connectivity index is 1.49. The number of rotatable bonds is 5. The van der Waals surface area contributed by atoms with Crippen LogP contribution in [0.1, 0.15) is 29.8 Å². The number of aromatic nitrogens is 1. The highest BCUT2D eigenvalue weighted by Crippen LogP contribution is 2.37. The molecule has 2 fully saturated rings. The van der Waals surface area contributed by atoms with E-state index < -0.39 is 0 Å². The molecular weight excluding hydrogens is 342 g/mol. The van der Waals surface area contributed by atoms with Gasteiger partial charge in [0.2, 0.25) is 11.7 Å². The van der Waals surface area contributed by atoms with Gasteiger partial charge in [0, 0.05) is 33.6 Å². The number of likely N-dealkylation sites (N-methyl/N-ethyl adjacent to an activating group) is 1. The summed E-state index contributed by atoms with van der Waals surface area (Å²) in [5.41, 5.74) is -0.276. The van der Waals surface area contributed by atoms with Crippen molar-refractivity contribution < 1.29 is 28.3 Å². The molecule has 0 aromatic carbocycles. The van der Waals surface area contributed by atoms with Crippen molar-refractivity contribution in [3.05, 3.63) is 11.8 Å². The van der Waals surface area contributed by atoms with Gasteiger partial charge in [0.05, 0.1) is 31.5 Å². The summed E-state index contributed by atoms with van der Waals surface area (Å²) >= 11 is 0. The van der Waals surface area contributed by atoms with Crippen molar-refractivity contribution in [2.75, 3.05) is 47.5 Å². The summed E-state index contributed by atoms with van der Waals surface area (Å²) < 4.78 is 21.6. The summed E-state index contributed by atoms with van der Waals surface area (Å²) in [5, 5.41) is 3.66. The van der Waals surface area contributed by atoms with E-state index in [0.717, 1.165) is 19.3 Å². The maximum absolute atomic E-state index is 12.5. The molecule has 1 unspecified atom stereocenters. The molecule has 2 saturated heterocycles. The maximum atomic E-state index is 12.5. The number of hydrogen-bond donors (Lipinski definition) is 0. The Hall–Kier alpha value is -2.13. The Labute approximate surface area is 152 Å². The number of carbonyl (C=O) groups excluding carboxylic acids is 2. The van der Waals surface area contributed by atoms with Crippen LogP contribution in [0.15, 0.2) is 10.6 Å². The molecule has 9 heteroatoms. The minimum atomic E-state index is -0.276. The molecule has 2 amide bonds. The van der Waals surface area contributed by atoms with Gasteiger partial charge in [-0.15, -0.1) is 0 Å². The molecule has 2 aliphatic heterocycles. The number of methoxy groups -OCH3 is 1. The Kier molecular flexibility index (Phi) is 5.47. The zero-order valence-electron chi connectivity index (χ0n) is 15.4. The second-order valence-corrected chi connectivity index (χ2v) is 6.95. The molecular formula is C17H25N3O6. The monoisotopic (exact) mass is 367 g/mol. The van der Waals surface area contributed by atoms with Crippen molar-refractivity contribution in [3.8, 4) is 5.88 Å². The largest absolute Gasteiger partial charge is 0.479 e. The van der Waals surface area contributed by atoms with E-state index in [0.29, 0.717) is 19.7 Å². The van der Waals surface area contributed by atoms with Crippen molar-refractivity contribution in [1.29, 1.82) is 0 Å². The first-order valence-electron chi connectivity index (χ1n) is 8.68. The van der Waals surface area contributed by atoms with Crippen LogP contribution in [0.25, 0.3) is 0 Å². The molecule has 3 heterocycles. The van der Waals surface area contributed by atoms with Crippen molar-refractivity contribution in [2.45, 2.75) is 31.0 Å².